The number of rotatable bonds is 7. The molecule has 0 aliphatic heterocycles. The molecule has 1 N–H and O–H groups in total. The Kier molecular flexibility index (Phi) is 5.48. The van der Waals surface area contributed by atoms with Gasteiger partial charge in [0.2, 0.25) is 0 Å². The zero-order chi connectivity index (χ0) is 22.3. The minimum atomic E-state index is -0.887. The maximum Gasteiger partial charge on any atom is 0.329 e. The van der Waals surface area contributed by atoms with Crippen LogP contribution < -0.4 is 5.69 Å². The first kappa shape index (κ1) is 21.0. The van der Waals surface area contributed by atoms with Crippen molar-refractivity contribution in [2.45, 2.75) is 52.6 Å². The number of aliphatic carboxylic acids is 1. The molecule has 6 heteroatoms. The Morgan fingerprint density at radius 1 is 1.10 bits per heavy atom. The van der Waals surface area contributed by atoms with E-state index in [-0.39, 0.29) is 18.2 Å². The summed E-state index contributed by atoms with van der Waals surface area (Å²) >= 11 is 0. The van der Waals surface area contributed by atoms with Gasteiger partial charge in [0, 0.05) is 30.2 Å². The van der Waals surface area contributed by atoms with Gasteiger partial charge in [-0.2, -0.15) is 0 Å². The van der Waals surface area contributed by atoms with Crippen LogP contribution >= 0.6 is 0 Å². The van der Waals surface area contributed by atoms with E-state index < -0.39 is 5.97 Å². The van der Waals surface area contributed by atoms with E-state index in [4.69, 9.17) is 0 Å². The quantitative estimate of drug-likeness (QED) is 0.469. The van der Waals surface area contributed by atoms with E-state index in [1.807, 2.05) is 38.2 Å². The standard InChI is InChI=1S/C25H29N3O3/c1-5-8-19(13-23(29)30)28-21-10-7-6-9-20(21)27(25(28)31)15-18-14-26(4)22-12-16(2)11-17(3)24(18)22/h6-7,9-12,14,19H,5,8,13,15H2,1-4H3,(H,29,30)/t19-/m0/s1. The molecule has 31 heavy (non-hydrogen) atoms. The average Bonchev–Trinajstić information content (AvgIpc) is 3.16. The van der Waals surface area contributed by atoms with E-state index in [0.717, 1.165) is 28.5 Å². The van der Waals surface area contributed by atoms with E-state index in [0.29, 0.717) is 13.0 Å². The zero-order valence-electron chi connectivity index (χ0n) is 18.6. The first-order chi connectivity index (χ1) is 14.8. The normalized spacial score (nSPS) is 12.6. The summed E-state index contributed by atoms with van der Waals surface area (Å²) in [5, 5.41) is 10.6. The molecular weight excluding hydrogens is 390 g/mol. The summed E-state index contributed by atoms with van der Waals surface area (Å²) in [5.74, 6) is -0.887. The van der Waals surface area contributed by atoms with Crippen LogP contribution in [-0.2, 0) is 18.4 Å². The molecule has 0 aliphatic rings. The third-order valence-electron chi connectivity index (χ3n) is 6.10. The van der Waals surface area contributed by atoms with Crippen molar-refractivity contribution in [3.63, 3.8) is 0 Å². The topological polar surface area (TPSA) is 69.2 Å². The van der Waals surface area contributed by atoms with Crippen LogP contribution in [0.2, 0.25) is 0 Å². The molecule has 2 heterocycles. The van der Waals surface area contributed by atoms with Gasteiger partial charge in [-0.25, -0.2) is 4.79 Å². The Labute approximate surface area is 181 Å². The van der Waals surface area contributed by atoms with E-state index >= 15 is 0 Å². The second kappa shape index (κ2) is 8.10. The molecule has 0 saturated heterocycles. The van der Waals surface area contributed by atoms with Gasteiger partial charge in [-0.3, -0.25) is 13.9 Å². The summed E-state index contributed by atoms with van der Waals surface area (Å²) in [6, 6.07) is 11.7. The molecule has 162 valence electrons. The molecule has 0 amide bonds. The highest BCUT2D eigenvalue weighted by Gasteiger charge is 2.23. The van der Waals surface area contributed by atoms with Gasteiger partial charge in [0.15, 0.2) is 0 Å². The number of aryl methyl sites for hydroxylation is 3. The van der Waals surface area contributed by atoms with Crippen LogP contribution in [0, 0.1) is 13.8 Å². The number of nitrogens with zero attached hydrogens (tertiary/aromatic N) is 3. The fourth-order valence-electron chi connectivity index (χ4n) is 4.89. The summed E-state index contributed by atoms with van der Waals surface area (Å²) in [5.41, 5.74) is 6.12. The molecule has 0 bridgehead atoms. The predicted octanol–water partition coefficient (Wildman–Crippen LogP) is 4.78. The summed E-state index contributed by atoms with van der Waals surface area (Å²) < 4.78 is 5.59. The molecule has 0 fully saturated rings. The highest BCUT2D eigenvalue weighted by Crippen LogP contribution is 2.28. The second-order valence-corrected chi connectivity index (χ2v) is 8.51. The monoisotopic (exact) mass is 419 g/mol. The summed E-state index contributed by atoms with van der Waals surface area (Å²) in [4.78, 5) is 25.1. The lowest BCUT2D eigenvalue weighted by molar-refractivity contribution is -0.137. The fraction of sp³-hybridized carbons (Fsp3) is 0.360. The van der Waals surface area contributed by atoms with Gasteiger partial charge < -0.3 is 9.67 Å². The van der Waals surface area contributed by atoms with Gasteiger partial charge >= 0.3 is 11.7 Å². The number of carboxylic acids is 1. The van der Waals surface area contributed by atoms with Crippen LogP contribution in [0.25, 0.3) is 21.9 Å². The van der Waals surface area contributed by atoms with Crippen molar-refractivity contribution < 1.29 is 9.90 Å². The molecule has 4 rings (SSSR count). The number of hydrogen-bond donors (Lipinski definition) is 1. The van der Waals surface area contributed by atoms with Crippen LogP contribution in [0.4, 0.5) is 0 Å². The van der Waals surface area contributed by atoms with Crippen molar-refractivity contribution in [2.24, 2.45) is 7.05 Å². The lowest BCUT2D eigenvalue weighted by Gasteiger charge is -2.16. The minimum absolute atomic E-state index is 0.0611. The number of fused-ring (bicyclic) bond motifs is 2. The molecule has 0 aliphatic carbocycles. The van der Waals surface area contributed by atoms with Crippen LogP contribution in [0.15, 0.2) is 47.4 Å². The van der Waals surface area contributed by atoms with Crippen LogP contribution in [0.3, 0.4) is 0 Å². The third kappa shape index (κ3) is 3.67. The summed E-state index contributed by atoms with van der Waals surface area (Å²) in [6.07, 6.45) is 3.49. The Balaban J connectivity index is 1.90. The smallest absolute Gasteiger partial charge is 0.329 e. The first-order valence-corrected chi connectivity index (χ1v) is 10.8. The summed E-state index contributed by atoms with van der Waals surface area (Å²) in [7, 11) is 2.03. The highest BCUT2D eigenvalue weighted by molar-refractivity contribution is 5.88. The Bertz CT molecular complexity index is 1340. The van der Waals surface area contributed by atoms with Crippen molar-refractivity contribution in [1.29, 1.82) is 0 Å². The molecule has 0 spiro atoms. The molecule has 4 aromatic rings. The number of benzene rings is 2. The van der Waals surface area contributed by atoms with Gasteiger partial charge in [0.25, 0.3) is 0 Å². The predicted molar refractivity (Wildman–Crippen MR) is 124 cm³/mol. The summed E-state index contributed by atoms with van der Waals surface area (Å²) in [6.45, 7) is 6.65. The van der Waals surface area contributed by atoms with Crippen molar-refractivity contribution in [3.8, 4) is 0 Å². The second-order valence-electron chi connectivity index (χ2n) is 8.51. The maximum atomic E-state index is 13.6. The van der Waals surface area contributed by atoms with Crippen LogP contribution in [-0.4, -0.2) is 24.8 Å². The highest BCUT2D eigenvalue weighted by atomic mass is 16.4. The number of aromatic nitrogens is 3. The fourth-order valence-corrected chi connectivity index (χ4v) is 4.89. The van der Waals surface area contributed by atoms with Gasteiger partial charge in [-0.05, 0) is 55.2 Å². The number of carbonyl (C=O) groups is 1. The van der Waals surface area contributed by atoms with Gasteiger partial charge in [-0.1, -0.05) is 31.5 Å². The van der Waals surface area contributed by atoms with Crippen molar-refractivity contribution in [2.75, 3.05) is 0 Å². The third-order valence-corrected chi connectivity index (χ3v) is 6.10. The zero-order valence-corrected chi connectivity index (χ0v) is 18.6. The van der Waals surface area contributed by atoms with Crippen molar-refractivity contribution in [3.05, 3.63) is 69.8 Å². The molecule has 1 atom stereocenters. The van der Waals surface area contributed by atoms with E-state index in [2.05, 4.69) is 36.7 Å². The molecule has 0 saturated carbocycles. The largest absolute Gasteiger partial charge is 0.481 e. The van der Waals surface area contributed by atoms with E-state index in [1.165, 1.54) is 16.5 Å². The lowest BCUT2D eigenvalue weighted by Crippen LogP contribution is -2.29. The Morgan fingerprint density at radius 2 is 1.81 bits per heavy atom. The van der Waals surface area contributed by atoms with Gasteiger partial charge in [0.05, 0.1) is 24.0 Å². The molecule has 6 nitrogen and oxygen atoms in total. The molecule has 0 radical (unpaired) electrons. The number of imidazole rings is 1. The molecule has 2 aromatic carbocycles. The molecule has 0 unspecified atom stereocenters. The van der Waals surface area contributed by atoms with E-state index in [9.17, 15) is 14.7 Å². The van der Waals surface area contributed by atoms with Crippen LogP contribution in [0.5, 0.6) is 0 Å². The Morgan fingerprint density at radius 3 is 2.48 bits per heavy atom. The minimum Gasteiger partial charge on any atom is -0.481 e. The first-order valence-electron chi connectivity index (χ1n) is 10.8. The molecule has 2 aromatic heterocycles. The van der Waals surface area contributed by atoms with Gasteiger partial charge in [-0.15, -0.1) is 0 Å². The molecular formula is C25H29N3O3. The Hall–Kier alpha value is -3.28. The van der Waals surface area contributed by atoms with Crippen molar-refractivity contribution >= 4 is 27.9 Å². The van der Waals surface area contributed by atoms with Gasteiger partial charge in [0.1, 0.15) is 0 Å². The van der Waals surface area contributed by atoms with E-state index in [1.54, 1.807) is 9.13 Å². The van der Waals surface area contributed by atoms with Crippen molar-refractivity contribution in [1.82, 2.24) is 13.7 Å². The maximum absolute atomic E-state index is 13.6. The lowest BCUT2D eigenvalue weighted by atomic mass is 10.0. The number of carboxylic acid groups (broad SMARTS) is 1. The van der Waals surface area contributed by atoms with Crippen LogP contribution in [0.1, 0.15) is 48.9 Å². The number of hydrogen-bond acceptors (Lipinski definition) is 2. The number of para-hydroxylation sites is 2. The average molecular weight is 420 g/mol. The SMILES string of the molecule is CCC[C@@H](CC(=O)O)n1c(=O)n(Cc2cn(C)c3cc(C)cc(C)c23)c2ccccc21.